The van der Waals surface area contributed by atoms with E-state index in [-0.39, 0.29) is 40.1 Å². The second-order valence-corrected chi connectivity index (χ2v) is 9.22. The molecule has 2 aromatic carbocycles. The number of rotatable bonds is 4. The minimum absolute atomic E-state index is 0.0148. The summed E-state index contributed by atoms with van der Waals surface area (Å²) >= 11 is 12.0. The molecule has 3 rings (SSSR count). The van der Waals surface area contributed by atoms with Crippen LogP contribution in [0.3, 0.4) is 0 Å². The first-order valence-electron chi connectivity index (χ1n) is 8.85. The molecule has 2 aromatic rings. The standard InChI is InChI=1S/C19H21Cl2N3O3S/c1-14(15-6-3-2-4-7-15)22-19(25)23-10-12-24(13-11-23)28(26,27)17-9-5-8-16(20)18(17)21/h2-9,14H,10-13H2,1H3,(H,22,25). The molecule has 1 heterocycles. The van der Waals surface area contributed by atoms with Gasteiger partial charge < -0.3 is 10.2 Å². The van der Waals surface area contributed by atoms with E-state index >= 15 is 0 Å². The van der Waals surface area contributed by atoms with E-state index in [2.05, 4.69) is 5.32 Å². The summed E-state index contributed by atoms with van der Waals surface area (Å²) < 4.78 is 27.1. The number of halogens is 2. The Morgan fingerprint density at radius 3 is 2.29 bits per heavy atom. The molecule has 1 N–H and O–H groups in total. The summed E-state index contributed by atoms with van der Waals surface area (Å²) in [5, 5.41) is 3.15. The number of benzene rings is 2. The average molecular weight is 442 g/mol. The van der Waals surface area contributed by atoms with E-state index in [9.17, 15) is 13.2 Å². The van der Waals surface area contributed by atoms with E-state index in [0.717, 1.165) is 5.56 Å². The molecule has 6 nitrogen and oxygen atoms in total. The van der Waals surface area contributed by atoms with Gasteiger partial charge in [-0.3, -0.25) is 0 Å². The van der Waals surface area contributed by atoms with Gasteiger partial charge in [-0.25, -0.2) is 13.2 Å². The maximum atomic E-state index is 12.9. The lowest BCUT2D eigenvalue weighted by Crippen LogP contribution is -2.53. The molecule has 1 aliphatic rings. The highest BCUT2D eigenvalue weighted by molar-refractivity contribution is 7.89. The third-order valence-electron chi connectivity index (χ3n) is 4.70. The summed E-state index contributed by atoms with van der Waals surface area (Å²) in [5.41, 5.74) is 1.01. The highest BCUT2D eigenvalue weighted by Crippen LogP contribution is 2.31. The second-order valence-electron chi connectivity index (χ2n) is 6.52. The largest absolute Gasteiger partial charge is 0.331 e. The van der Waals surface area contributed by atoms with E-state index in [1.54, 1.807) is 17.0 Å². The monoisotopic (exact) mass is 441 g/mol. The minimum Gasteiger partial charge on any atom is -0.331 e. The smallest absolute Gasteiger partial charge is 0.317 e. The van der Waals surface area contributed by atoms with Gasteiger partial charge in [0, 0.05) is 26.2 Å². The molecule has 0 aromatic heterocycles. The van der Waals surface area contributed by atoms with Crippen LogP contribution in [0.25, 0.3) is 0 Å². The molecule has 2 amide bonds. The van der Waals surface area contributed by atoms with Crippen LogP contribution in [-0.4, -0.2) is 49.8 Å². The van der Waals surface area contributed by atoms with Gasteiger partial charge in [0.25, 0.3) is 0 Å². The molecule has 1 unspecified atom stereocenters. The Morgan fingerprint density at radius 1 is 1.00 bits per heavy atom. The number of nitrogens with zero attached hydrogens (tertiary/aromatic N) is 2. The Morgan fingerprint density at radius 2 is 1.64 bits per heavy atom. The summed E-state index contributed by atoms with van der Waals surface area (Å²) in [4.78, 5) is 14.1. The second kappa shape index (κ2) is 8.69. The Balaban J connectivity index is 1.62. The number of hydrogen-bond donors (Lipinski definition) is 1. The number of carbonyl (C=O) groups is 1. The number of piperazine rings is 1. The van der Waals surface area contributed by atoms with Crippen molar-refractivity contribution in [2.24, 2.45) is 0 Å². The minimum atomic E-state index is -3.77. The molecule has 1 atom stereocenters. The molecule has 1 saturated heterocycles. The number of hydrogen-bond acceptors (Lipinski definition) is 3. The lowest BCUT2D eigenvalue weighted by Gasteiger charge is -2.34. The van der Waals surface area contributed by atoms with Crippen molar-refractivity contribution in [3.63, 3.8) is 0 Å². The molecule has 0 aliphatic carbocycles. The first-order chi connectivity index (χ1) is 13.3. The summed E-state index contributed by atoms with van der Waals surface area (Å²) in [6, 6.07) is 13.8. The van der Waals surface area contributed by atoms with Gasteiger partial charge in [0.2, 0.25) is 10.0 Å². The maximum absolute atomic E-state index is 12.9. The predicted octanol–water partition coefficient (Wildman–Crippen LogP) is 3.77. The van der Waals surface area contributed by atoms with E-state index < -0.39 is 10.0 Å². The van der Waals surface area contributed by atoms with E-state index in [1.807, 2.05) is 37.3 Å². The first kappa shape index (κ1) is 20.9. The van der Waals surface area contributed by atoms with Crippen molar-refractivity contribution in [3.05, 3.63) is 64.1 Å². The normalized spacial score (nSPS) is 16.6. The van der Waals surface area contributed by atoms with Crippen molar-refractivity contribution in [1.29, 1.82) is 0 Å². The van der Waals surface area contributed by atoms with Gasteiger partial charge in [-0.1, -0.05) is 59.6 Å². The van der Waals surface area contributed by atoms with Gasteiger partial charge in [-0.05, 0) is 24.6 Å². The third kappa shape index (κ3) is 4.43. The molecule has 0 bridgehead atoms. The first-order valence-corrected chi connectivity index (χ1v) is 11.0. The van der Waals surface area contributed by atoms with Crippen LogP contribution in [-0.2, 0) is 10.0 Å². The lowest BCUT2D eigenvalue weighted by atomic mass is 10.1. The molecule has 1 aliphatic heterocycles. The number of sulfonamides is 1. The van der Waals surface area contributed by atoms with Crippen LogP contribution in [0.4, 0.5) is 4.79 Å². The van der Waals surface area contributed by atoms with E-state index in [4.69, 9.17) is 23.2 Å². The number of urea groups is 1. The van der Waals surface area contributed by atoms with Gasteiger partial charge in [0.15, 0.2) is 0 Å². The maximum Gasteiger partial charge on any atom is 0.317 e. The Hall–Kier alpha value is -1.80. The van der Waals surface area contributed by atoms with Crippen LogP contribution >= 0.6 is 23.2 Å². The van der Waals surface area contributed by atoms with Gasteiger partial charge >= 0.3 is 6.03 Å². The number of carbonyl (C=O) groups excluding carboxylic acids is 1. The van der Waals surface area contributed by atoms with Crippen LogP contribution in [0.1, 0.15) is 18.5 Å². The highest BCUT2D eigenvalue weighted by Gasteiger charge is 2.32. The molecular formula is C19H21Cl2N3O3S. The summed E-state index contributed by atoms with van der Waals surface area (Å²) in [5.74, 6) is 0. The predicted molar refractivity (Wildman–Crippen MR) is 110 cm³/mol. The SMILES string of the molecule is CC(NC(=O)N1CCN(S(=O)(=O)c2cccc(Cl)c2Cl)CC1)c1ccccc1. The molecule has 28 heavy (non-hydrogen) atoms. The quantitative estimate of drug-likeness (QED) is 0.784. The van der Waals surface area contributed by atoms with Crippen molar-refractivity contribution < 1.29 is 13.2 Å². The van der Waals surface area contributed by atoms with Gasteiger partial charge in [-0.2, -0.15) is 4.31 Å². The Labute approximate surface area is 175 Å². The fraction of sp³-hybridized carbons (Fsp3) is 0.316. The number of nitrogens with one attached hydrogen (secondary N) is 1. The Kier molecular flexibility index (Phi) is 6.50. The van der Waals surface area contributed by atoms with Gasteiger partial charge in [0.05, 0.1) is 16.1 Å². The van der Waals surface area contributed by atoms with Gasteiger partial charge in [0.1, 0.15) is 4.90 Å². The van der Waals surface area contributed by atoms with E-state index in [1.165, 1.54) is 10.4 Å². The highest BCUT2D eigenvalue weighted by atomic mass is 35.5. The molecule has 1 fully saturated rings. The zero-order valence-electron chi connectivity index (χ0n) is 15.3. The van der Waals surface area contributed by atoms with Crippen molar-refractivity contribution in [2.75, 3.05) is 26.2 Å². The van der Waals surface area contributed by atoms with Crippen molar-refractivity contribution in [3.8, 4) is 0 Å². The number of amides is 2. The summed E-state index contributed by atoms with van der Waals surface area (Å²) in [6.07, 6.45) is 0. The molecule has 0 radical (unpaired) electrons. The molecule has 9 heteroatoms. The van der Waals surface area contributed by atoms with Crippen molar-refractivity contribution in [1.82, 2.24) is 14.5 Å². The molecular weight excluding hydrogens is 421 g/mol. The van der Waals surface area contributed by atoms with Gasteiger partial charge in [-0.15, -0.1) is 0 Å². The zero-order chi connectivity index (χ0) is 20.3. The summed E-state index contributed by atoms with van der Waals surface area (Å²) in [6.45, 7) is 2.89. The Bertz CT molecular complexity index is 946. The van der Waals surface area contributed by atoms with Crippen LogP contribution in [0.15, 0.2) is 53.4 Å². The molecule has 150 valence electrons. The van der Waals surface area contributed by atoms with Crippen LogP contribution in [0.5, 0.6) is 0 Å². The third-order valence-corrected chi connectivity index (χ3v) is 7.57. The van der Waals surface area contributed by atoms with Crippen LogP contribution < -0.4 is 5.32 Å². The lowest BCUT2D eigenvalue weighted by molar-refractivity contribution is 0.169. The van der Waals surface area contributed by atoms with Crippen LogP contribution in [0.2, 0.25) is 10.0 Å². The molecule has 0 saturated carbocycles. The topological polar surface area (TPSA) is 69.7 Å². The fourth-order valence-electron chi connectivity index (χ4n) is 3.06. The zero-order valence-corrected chi connectivity index (χ0v) is 17.6. The fourth-order valence-corrected chi connectivity index (χ4v) is 5.21. The summed E-state index contributed by atoms with van der Waals surface area (Å²) in [7, 11) is -3.77. The van der Waals surface area contributed by atoms with Crippen molar-refractivity contribution in [2.45, 2.75) is 17.9 Å². The van der Waals surface area contributed by atoms with Crippen molar-refractivity contribution >= 4 is 39.3 Å². The average Bonchev–Trinajstić information content (AvgIpc) is 2.70. The van der Waals surface area contributed by atoms with E-state index in [0.29, 0.717) is 13.1 Å². The van der Waals surface area contributed by atoms with Crippen LogP contribution in [0, 0.1) is 0 Å². The molecule has 0 spiro atoms.